The maximum Gasteiger partial charge on any atom is 0.408 e. The van der Waals surface area contributed by atoms with Crippen molar-refractivity contribution in [2.24, 2.45) is 0 Å². The van der Waals surface area contributed by atoms with Gasteiger partial charge in [0, 0.05) is 19.5 Å². The van der Waals surface area contributed by atoms with Gasteiger partial charge in [-0.15, -0.1) is 0 Å². The van der Waals surface area contributed by atoms with Crippen molar-refractivity contribution in [3.63, 3.8) is 0 Å². The quantitative estimate of drug-likeness (QED) is 0.491. The molecule has 0 bridgehead atoms. The van der Waals surface area contributed by atoms with Crippen LogP contribution in [0, 0.1) is 0 Å². The smallest absolute Gasteiger partial charge is 0.408 e. The number of aliphatic carboxylic acids is 1. The molecular formula is C11H20N2O6. The number of hydrogen-bond donors (Lipinski definition) is 4. The predicted molar refractivity (Wildman–Crippen MR) is 64.2 cm³/mol. The standard InChI is InChI=1S/C11H20N2O6/c1-10(2,19-9(16)12-6-8(14)15)7-13-5-3-4-11(13,17)18/h17-18H,3-7H2,1-2H3,(H,12,16)(H,14,15). The maximum absolute atomic E-state index is 11.4. The molecule has 19 heavy (non-hydrogen) atoms. The number of nitrogens with zero attached hydrogens (tertiary/aromatic N) is 1. The fraction of sp³-hybridized carbons (Fsp3) is 0.818. The van der Waals surface area contributed by atoms with E-state index >= 15 is 0 Å². The Kier molecular flexibility index (Phi) is 4.72. The first-order chi connectivity index (χ1) is 8.62. The molecule has 1 aliphatic rings. The van der Waals surface area contributed by atoms with Crippen LogP contribution in [0.25, 0.3) is 0 Å². The molecule has 0 atom stereocenters. The van der Waals surface area contributed by atoms with E-state index in [0.717, 1.165) is 0 Å². The number of carboxylic acids is 1. The third kappa shape index (κ3) is 5.01. The van der Waals surface area contributed by atoms with E-state index < -0.39 is 30.1 Å². The Bertz CT molecular complexity index is 355. The van der Waals surface area contributed by atoms with E-state index in [2.05, 4.69) is 5.32 Å². The summed E-state index contributed by atoms with van der Waals surface area (Å²) in [6.07, 6.45) is 0.0378. The number of ether oxygens (including phenoxy) is 1. The summed E-state index contributed by atoms with van der Waals surface area (Å²) in [5.74, 6) is -3.04. The van der Waals surface area contributed by atoms with E-state index in [0.29, 0.717) is 13.0 Å². The zero-order valence-corrected chi connectivity index (χ0v) is 11.0. The maximum atomic E-state index is 11.4. The molecule has 0 radical (unpaired) electrons. The van der Waals surface area contributed by atoms with Crippen molar-refractivity contribution in [3.8, 4) is 0 Å². The average Bonchev–Trinajstić information content (AvgIpc) is 2.54. The molecule has 0 aromatic rings. The summed E-state index contributed by atoms with van der Waals surface area (Å²) in [4.78, 5) is 23.1. The lowest BCUT2D eigenvalue weighted by molar-refractivity contribution is -0.252. The van der Waals surface area contributed by atoms with Gasteiger partial charge in [0.15, 0.2) is 0 Å². The first kappa shape index (κ1) is 15.7. The minimum Gasteiger partial charge on any atom is -0.480 e. The van der Waals surface area contributed by atoms with E-state index in [1.165, 1.54) is 4.90 Å². The van der Waals surface area contributed by atoms with Gasteiger partial charge in [-0.25, -0.2) is 9.69 Å². The normalized spacial score (nSPS) is 19.2. The number of alkyl carbamates (subject to hydrolysis) is 1. The highest BCUT2D eigenvalue weighted by atomic mass is 16.6. The fourth-order valence-corrected chi connectivity index (χ4v) is 1.98. The Morgan fingerprint density at radius 3 is 2.53 bits per heavy atom. The fourth-order valence-electron chi connectivity index (χ4n) is 1.98. The number of hydrogen-bond acceptors (Lipinski definition) is 6. The summed E-state index contributed by atoms with van der Waals surface area (Å²) < 4.78 is 5.07. The molecule has 0 aromatic carbocycles. The number of aliphatic hydroxyl groups is 2. The van der Waals surface area contributed by atoms with Crippen LogP contribution >= 0.6 is 0 Å². The van der Waals surface area contributed by atoms with Gasteiger partial charge in [0.1, 0.15) is 12.1 Å². The lowest BCUT2D eigenvalue weighted by Gasteiger charge is -2.35. The summed E-state index contributed by atoms with van der Waals surface area (Å²) in [6, 6.07) is 0. The Morgan fingerprint density at radius 1 is 1.42 bits per heavy atom. The van der Waals surface area contributed by atoms with Gasteiger partial charge < -0.3 is 25.4 Å². The molecular weight excluding hydrogens is 256 g/mol. The second-order valence-electron chi connectivity index (χ2n) is 5.20. The number of carbonyl (C=O) groups excluding carboxylic acids is 1. The van der Waals surface area contributed by atoms with Crippen molar-refractivity contribution < 1.29 is 29.6 Å². The van der Waals surface area contributed by atoms with Gasteiger partial charge >= 0.3 is 12.1 Å². The van der Waals surface area contributed by atoms with Gasteiger partial charge in [-0.1, -0.05) is 0 Å². The highest BCUT2D eigenvalue weighted by Gasteiger charge is 2.40. The zero-order chi connectivity index (χ0) is 14.7. The van der Waals surface area contributed by atoms with Crippen molar-refractivity contribution in [1.29, 1.82) is 0 Å². The van der Waals surface area contributed by atoms with Crippen molar-refractivity contribution in [2.45, 2.75) is 38.2 Å². The highest BCUT2D eigenvalue weighted by Crippen LogP contribution is 2.26. The van der Waals surface area contributed by atoms with Crippen molar-refractivity contribution in [1.82, 2.24) is 10.2 Å². The second kappa shape index (κ2) is 5.72. The molecule has 8 nitrogen and oxygen atoms in total. The minimum atomic E-state index is -1.88. The minimum absolute atomic E-state index is 0.139. The molecule has 0 aliphatic carbocycles. The summed E-state index contributed by atoms with van der Waals surface area (Å²) in [5.41, 5.74) is -0.969. The summed E-state index contributed by atoms with van der Waals surface area (Å²) in [7, 11) is 0. The number of carboxylic acid groups (broad SMARTS) is 1. The monoisotopic (exact) mass is 276 g/mol. The van der Waals surface area contributed by atoms with Crippen LogP contribution in [-0.2, 0) is 9.53 Å². The lowest BCUT2D eigenvalue weighted by atomic mass is 10.1. The van der Waals surface area contributed by atoms with Crippen LogP contribution in [0.5, 0.6) is 0 Å². The molecule has 0 saturated carbocycles. The third-order valence-corrected chi connectivity index (χ3v) is 2.77. The Hall–Kier alpha value is -1.38. The summed E-state index contributed by atoms with van der Waals surface area (Å²) in [6.45, 7) is 3.34. The molecule has 0 unspecified atom stereocenters. The van der Waals surface area contributed by atoms with Crippen LogP contribution in [0.2, 0.25) is 0 Å². The molecule has 1 fully saturated rings. The number of amides is 1. The number of rotatable bonds is 5. The largest absolute Gasteiger partial charge is 0.480 e. The van der Waals surface area contributed by atoms with Gasteiger partial charge in [-0.2, -0.15) is 0 Å². The summed E-state index contributed by atoms with van der Waals surface area (Å²) in [5, 5.41) is 29.8. The summed E-state index contributed by atoms with van der Waals surface area (Å²) >= 11 is 0. The first-order valence-electron chi connectivity index (χ1n) is 6.01. The molecule has 110 valence electrons. The predicted octanol–water partition coefficient (Wildman–Crippen LogP) is -0.690. The number of nitrogens with one attached hydrogen (secondary N) is 1. The zero-order valence-electron chi connectivity index (χ0n) is 11.0. The van der Waals surface area contributed by atoms with Crippen LogP contribution in [0.4, 0.5) is 4.79 Å². The Balaban J connectivity index is 2.47. The number of carbonyl (C=O) groups is 2. The molecule has 4 N–H and O–H groups in total. The lowest BCUT2D eigenvalue weighted by Crippen LogP contribution is -2.51. The number of likely N-dealkylation sites (tertiary alicyclic amines) is 1. The van der Waals surface area contributed by atoms with Crippen LogP contribution < -0.4 is 5.32 Å². The van der Waals surface area contributed by atoms with E-state index in [1.54, 1.807) is 13.8 Å². The topological polar surface area (TPSA) is 119 Å². The average molecular weight is 276 g/mol. The van der Waals surface area contributed by atoms with Crippen molar-refractivity contribution in [3.05, 3.63) is 0 Å². The molecule has 1 heterocycles. The van der Waals surface area contributed by atoms with Gasteiger partial charge in [-0.3, -0.25) is 4.79 Å². The van der Waals surface area contributed by atoms with Crippen LogP contribution in [0.3, 0.4) is 0 Å². The Labute approximate surface area is 111 Å². The molecule has 1 amide bonds. The van der Waals surface area contributed by atoms with Gasteiger partial charge in [-0.05, 0) is 20.3 Å². The van der Waals surface area contributed by atoms with Crippen molar-refractivity contribution in [2.75, 3.05) is 19.6 Å². The van der Waals surface area contributed by atoms with E-state index in [9.17, 15) is 19.8 Å². The molecule has 1 saturated heterocycles. The SMILES string of the molecule is CC(C)(CN1CCCC1(O)O)OC(=O)NCC(=O)O. The van der Waals surface area contributed by atoms with Crippen LogP contribution in [0.15, 0.2) is 0 Å². The van der Waals surface area contributed by atoms with E-state index in [1.807, 2.05) is 0 Å². The molecule has 8 heteroatoms. The molecule has 0 spiro atoms. The highest BCUT2D eigenvalue weighted by molar-refractivity contribution is 5.76. The molecule has 0 aromatic heterocycles. The van der Waals surface area contributed by atoms with Gasteiger partial charge in [0.05, 0.1) is 0 Å². The first-order valence-corrected chi connectivity index (χ1v) is 6.01. The van der Waals surface area contributed by atoms with Gasteiger partial charge in [0.2, 0.25) is 5.91 Å². The third-order valence-electron chi connectivity index (χ3n) is 2.77. The van der Waals surface area contributed by atoms with Crippen LogP contribution in [0.1, 0.15) is 26.7 Å². The van der Waals surface area contributed by atoms with E-state index in [4.69, 9.17) is 9.84 Å². The Morgan fingerprint density at radius 2 is 2.05 bits per heavy atom. The van der Waals surface area contributed by atoms with E-state index in [-0.39, 0.29) is 13.0 Å². The van der Waals surface area contributed by atoms with Crippen molar-refractivity contribution >= 4 is 12.1 Å². The van der Waals surface area contributed by atoms with Gasteiger partial charge in [0.25, 0.3) is 0 Å². The molecule has 1 aliphatic heterocycles. The second-order valence-corrected chi connectivity index (χ2v) is 5.20. The molecule has 1 rings (SSSR count). The van der Waals surface area contributed by atoms with Crippen LogP contribution in [-0.4, -0.2) is 63.4 Å².